The zero-order valence-electron chi connectivity index (χ0n) is 50.1. The fraction of sp³-hybridized carbons (Fsp3) is 0.304. The molecule has 6 heterocycles. The van der Waals surface area contributed by atoms with Crippen molar-refractivity contribution in [2.24, 2.45) is 0 Å². The molecule has 6 nitrogen and oxygen atoms in total. The van der Waals surface area contributed by atoms with Crippen LogP contribution < -0.4 is 14.7 Å². The Morgan fingerprint density at radius 1 is 0.294 bits per heavy atom. The minimum absolute atomic E-state index is 0.0373. The van der Waals surface area contributed by atoms with Gasteiger partial charge in [-0.1, -0.05) is 132 Å². The van der Waals surface area contributed by atoms with Crippen molar-refractivity contribution in [2.75, 3.05) is 14.7 Å². The van der Waals surface area contributed by atoms with Gasteiger partial charge < -0.3 is 14.7 Å². The zero-order valence-corrected chi connectivity index (χ0v) is 50.1. The van der Waals surface area contributed by atoms with Crippen molar-refractivity contribution in [1.82, 2.24) is 15.0 Å². The number of fused-ring (bicyclic) bond motifs is 9. The second-order valence-electron chi connectivity index (χ2n) is 27.6. The molecule has 0 radical (unpaired) electrons. The molecule has 11 aromatic rings. The Hall–Kier alpha value is -8.35. The Kier molecular flexibility index (Phi) is 10.9. The van der Waals surface area contributed by atoms with E-state index in [9.17, 15) is 0 Å². The van der Waals surface area contributed by atoms with Gasteiger partial charge in [0.2, 0.25) is 0 Å². The van der Waals surface area contributed by atoms with Crippen molar-refractivity contribution in [3.8, 4) is 44.5 Å². The maximum Gasteiger partial charge on any atom is 0.0517 e. The van der Waals surface area contributed by atoms with Gasteiger partial charge in [-0.15, -0.1) is 0 Å². The summed E-state index contributed by atoms with van der Waals surface area (Å²) in [7, 11) is 0. The maximum atomic E-state index is 4.49. The van der Waals surface area contributed by atoms with Gasteiger partial charge >= 0.3 is 0 Å². The molecule has 3 aromatic heterocycles. The highest BCUT2D eigenvalue weighted by molar-refractivity contribution is 6.32. The molecule has 6 heteroatoms. The fourth-order valence-electron chi connectivity index (χ4n) is 19.0. The molecule has 17 rings (SSSR count). The summed E-state index contributed by atoms with van der Waals surface area (Å²) in [6, 6.07) is 62.1. The number of hydrogen-bond donors (Lipinski definition) is 0. The average molecular weight is 1110 g/mol. The Bertz CT molecular complexity index is 4360. The van der Waals surface area contributed by atoms with E-state index in [0.717, 1.165) is 38.5 Å². The number of benzene rings is 8. The van der Waals surface area contributed by atoms with Crippen LogP contribution in [0.2, 0.25) is 0 Å². The third-order valence-electron chi connectivity index (χ3n) is 24.0. The van der Waals surface area contributed by atoms with Gasteiger partial charge in [0, 0.05) is 87.6 Å². The number of anilines is 6. The van der Waals surface area contributed by atoms with Crippen LogP contribution >= 0.6 is 0 Å². The highest BCUT2D eigenvalue weighted by atomic mass is 15.3. The summed E-state index contributed by atoms with van der Waals surface area (Å²) in [5.41, 5.74) is 21.9. The smallest absolute Gasteiger partial charge is 0.0517 e. The van der Waals surface area contributed by atoms with Crippen molar-refractivity contribution in [3.05, 3.63) is 212 Å². The first-order valence-corrected chi connectivity index (χ1v) is 31.8. The summed E-state index contributed by atoms with van der Waals surface area (Å²) in [5.74, 6) is 0. The fourth-order valence-corrected chi connectivity index (χ4v) is 19.0. The van der Waals surface area contributed by atoms with Gasteiger partial charge in [0.25, 0.3) is 0 Å². The largest absolute Gasteiger partial charge is 0.334 e. The molecule has 85 heavy (non-hydrogen) atoms. The normalized spacial score (nSPS) is 26.6. The lowest BCUT2D eigenvalue weighted by molar-refractivity contribution is 0.195. The van der Waals surface area contributed by atoms with Crippen molar-refractivity contribution < 1.29 is 0 Å². The number of aromatic nitrogens is 3. The summed E-state index contributed by atoms with van der Waals surface area (Å²) in [6.07, 6.45) is 26.1. The minimum Gasteiger partial charge on any atom is -0.334 e. The number of pyridine rings is 3. The van der Waals surface area contributed by atoms with Crippen LogP contribution in [0.5, 0.6) is 0 Å². The van der Waals surface area contributed by atoms with Gasteiger partial charge in [-0.2, -0.15) is 0 Å². The molecule has 0 saturated heterocycles. The lowest BCUT2D eigenvalue weighted by Gasteiger charge is -2.50. The van der Waals surface area contributed by atoms with E-state index >= 15 is 0 Å². The highest BCUT2D eigenvalue weighted by Crippen LogP contribution is 2.65. The third-order valence-corrected chi connectivity index (χ3v) is 24.0. The minimum atomic E-state index is -0.0776. The SMILES string of the molecule is CC12CCCCC1(C)N(c1ccncc1)c1ccc(-c3cc(-c4ccccc4)c4ccc5c(-c6ccc7c(c6)C6(C)CCCCC6(C)N7c6ccncc6)cc(-c6ccc7c(c6)C6(C)CCCCC6(C)N7c6ccncc6)c6ccc3c4c56)cc12. The molecule has 0 N–H and O–H groups in total. The standard InChI is InChI=1S/C79H74N6/c1-74-34-10-13-37-77(74,4)83(55-28-40-80-41-29-55)69-25-18-52(46-66(69)74)63-49-62(51-16-8-7-9-17-51)58-21-22-60-64(53-19-26-70-67(47-53)75(2)35-11-14-38-78(75,5)84(70)56-30-42-81-43-31-56)50-65(61-24-23-59(63)72(58)73(60)61)54-20-27-71-68(48-54)76(3)36-12-15-39-79(76,6)85(71)57-32-44-82-45-33-57/h7-9,16-33,40-50H,10-15,34-39H2,1-6H3. The molecule has 0 spiro atoms. The van der Waals surface area contributed by atoms with E-state index in [1.807, 2.05) is 37.2 Å². The Labute approximate surface area is 501 Å². The van der Waals surface area contributed by atoms with Crippen molar-refractivity contribution in [2.45, 2.75) is 151 Å². The number of rotatable bonds is 7. The predicted octanol–water partition coefficient (Wildman–Crippen LogP) is 20.7. The molecule has 420 valence electrons. The van der Waals surface area contributed by atoms with Gasteiger partial charge in [-0.25, -0.2) is 0 Å². The molecule has 3 aliphatic heterocycles. The van der Waals surface area contributed by atoms with Crippen LogP contribution in [0.3, 0.4) is 0 Å². The predicted molar refractivity (Wildman–Crippen MR) is 354 cm³/mol. The number of nitrogens with zero attached hydrogens (tertiary/aromatic N) is 6. The van der Waals surface area contributed by atoms with E-state index in [2.05, 4.69) is 229 Å². The quantitative estimate of drug-likeness (QED) is 0.148. The van der Waals surface area contributed by atoms with Crippen LogP contribution in [-0.4, -0.2) is 31.6 Å². The van der Waals surface area contributed by atoms with Gasteiger partial charge in [0.05, 0.1) is 16.6 Å². The zero-order chi connectivity index (χ0) is 57.2. The molecular weight excluding hydrogens is 1030 g/mol. The molecule has 3 saturated carbocycles. The first-order valence-electron chi connectivity index (χ1n) is 31.8. The van der Waals surface area contributed by atoms with E-state index < -0.39 is 0 Å². The molecule has 0 bridgehead atoms. The maximum absolute atomic E-state index is 4.49. The van der Waals surface area contributed by atoms with E-state index in [0.29, 0.717) is 0 Å². The van der Waals surface area contributed by atoms with Crippen LogP contribution in [0.15, 0.2) is 195 Å². The van der Waals surface area contributed by atoms with E-state index in [-0.39, 0.29) is 32.9 Å². The van der Waals surface area contributed by atoms with E-state index in [1.54, 1.807) is 0 Å². The van der Waals surface area contributed by atoms with Gasteiger partial charge in [0.1, 0.15) is 0 Å². The van der Waals surface area contributed by atoms with Gasteiger partial charge in [-0.3, -0.25) is 15.0 Å². The Morgan fingerprint density at radius 3 is 0.906 bits per heavy atom. The molecule has 6 aliphatic rings. The molecule has 3 aliphatic carbocycles. The highest BCUT2D eigenvalue weighted by Gasteiger charge is 2.60. The van der Waals surface area contributed by atoms with Crippen molar-refractivity contribution >= 4 is 66.4 Å². The van der Waals surface area contributed by atoms with Crippen molar-refractivity contribution in [3.63, 3.8) is 0 Å². The lowest BCUT2D eigenvalue weighted by Crippen LogP contribution is -2.54. The molecule has 8 aromatic carbocycles. The van der Waals surface area contributed by atoms with Crippen molar-refractivity contribution in [1.29, 1.82) is 0 Å². The van der Waals surface area contributed by atoms with Crippen LogP contribution in [0, 0.1) is 0 Å². The van der Waals surface area contributed by atoms with Crippen LogP contribution in [0.25, 0.3) is 76.8 Å². The molecule has 3 fully saturated rings. The molecular formula is C79H74N6. The Morgan fingerprint density at radius 2 is 0.588 bits per heavy atom. The monoisotopic (exact) mass is 1110 g/mol. The van der Waals surface area contributed by atoms with E-state index in [4.69, 9.17) is 0 Å². The summed E-state index contributed by atoms with van der Waals surface area (Å²) in [4.78, 5) is 21.5. The lowest BCUT2D eigenvalue weighted by atomic mass is 9.61. The van der Waals surface area contributed by atoms with E-state index in [1.165, 1.54) is 166 Å². The second kappa shape index (κ2) is 18.1. The van der Waals surface area contributed by atoms with Crippen LogP contribution in [0.1, 0.15) is 135 Å². The molecule has 6 atom stereocenters. The van der Waals surface area contributed by atoms with Gasteiger partial charge in [-0.05, 0) is 238 Å². The topological polar surface area (TPSA) is 48.4 Å². The summed E-state index contributed by atoms with van der Waals surface area (Å²) in [6.45, 7) is 15.3. The van der Waals surface area contributed by atoms with Crippen LogP contribution in [-0.2, 0) is 16.2 Å². The average Bonchev–Trinajstić information content (AvgIpc) is 1.98. The second-order valence-corrected chi connectivity index (χ2v) is 27.6. The summed E-state index contributed by atoms with van der Waals surface area (Å²) < 4.78 is 0. The Balaban J connectivity index is 0.942. The molecule has 6 unspecified atom stereocenters. The number of hydrogen-bond acceptors (Lipinski definition) is 6. The van der Waals surface area contributed by atoms with Gasteiger partial charge in [0.15, 0.2) is 0 Å². The van der Waals surface area contributed by atoms with Crippen LogP contribution in [0.4, 0.5) is 34.1 Å². The third kappa shape index (κ3) is 6.75. The summed E-state index contributed by atoms with van der Waals surface area (Å²) in [5, 5.41) is 7.89. The molecule has 0 amide bonds. The first-order chi connectivity index (χ1) is 41.4. The first kappa shape index (κ1) is 51.1. The summed E-state index contributed by atoms with van der Waals surface area (Å²) >= 11 is 0.